The molecule has 15 heavy (non-hydrogen) atoms. The van der Waals surface area contributed by atoms with E-state index in [0.29, 0.717) is 6.04 Å². The largest absolute Gasteiger partial charge is 0.481 e. The van der Waals surface area contributed by atoms with E-state index in [-0.39, 0.29) is 12.5 Å². The van der Waals surface area contributed by atoms with E-state index >= 15 is 0 Å². The van der Waals surface area contributed by atoms with Crippen molar-refractivity contribution in [1.29, 1.82) is 0 Å². The smallest absolute Gasteiger partial charge is 0.304 e. The predicted molar refractivity (Wildman–Crippen MR) is 63.0 cm³/mol. The number of carbonyl (C=O) groups is 1. The van der Waals surface area contributed by atoms with Gasteiger partial charge in [-0.3, -0.25) is 4.79 Å². The van der Waals surface area contributed by atoms with Crippen LogP contribution in [0.15, 0.2) is 0 Å². The molecule has 0 saturated heterocycles. The number of rotatable bonds is 8. The molecule has 0 rings (SSSR count). The molecule has 0 aliphatic heterocycles. The zero-order chi connectivity index (χ0) is 11.8. The maximum absolute atomic E-state index is 10.5. The van der Waals surface area contributed by atoms with Crippen LogP contribution in [0.25, 0.3) is 0 Å². The van der Waals surface area contributed by atoms with E-state index in [0.717, 1.165) is 12.3 Å². The van der Waals surface area contributed by atoms with E-state index < -0.39 is 5.97 Å². The topological polar surface area (TPSA) is 49.3 Å². The second-order valence-corrected chi connectivity index (χ2v) is 4.89. The minimum absolute atomic E-state index is 0.0662. The molecule has 0 aromatic rings. The molecule has 0 aromatic carbocycles. The third kappa shape index (κ3) is 9.73. The van der Waals surface area contributed by atoms with E-state index in [9.17, 15) is 4.79 Å². The molecule has 90 valence electrons. The maximum Gasteiger partial charge on any atom is 0.304 e. The molecule has 0 heterocycles. The summed E-state index contributed by atoms with van der Waals surface area (Å²) in [4.78, 5) is 10.5. The lowest BCUT2D eigenvalue weighted by molar-refractivity contribution is -0.137. The summed E-state index contributed by atoms with van der Waals surface area (Å²) in [6.07, 6.45) is 3.79. The molecule has 0 amide bonds. The van der Waals surface area contributed by atoms with Crippen molar-refractivity contribution in [2.75, 3.05) is 0 Å². The normalized spacial score (nSPS) is 15.3. The molecule has 3 heteroatoms. The summed E-state index contributed by atoms with van der Waals surface area (Å²) in [6.45, 7) is 8.50. The molecule has 2 N–H and O–H groups in total. The van der Waals surface area contributed by atoms with E-state index in [1.54, 1.807) is 0 Å². The van der Waals surface area contributed by atoms with Gasteiger partial charge in [0.05, 0.1) is 6.42 Å². The molecule has 2 atom stereocenters. The van der Waals surface area contributed by atoms with Crippen molar-refractivity contribution in [2.45, 2.75) is 65.5 Å². The molecule has 0 aliphatic carbocycles. The number of carboxylic acid groups (broad SMARTS) is 1. The fraction of sp³-hybridized carbons (Fsp3) is 0.917. The number of hydrogen-bond acceptors (Lipinski definition) is 2. The van der Waals surface area contributed by atoms with Gasteiger partial charge < -0.3 is 10.4 Å². The molecular weight excluding hydrogens is 190 g/mol. The van der Waals surface area contributed by atoms with E-state index in [2.05, 4.69) is 26.1 Å². The Kier molecular flexibility index (Phi) is 7.39. The first-order chi connectivity index (χ1) is 6.91. The molecule has 0 spiro atoms. The second-order valence-electron chi connectivity index (χ2n) is 4.89. The molecule has 3 nitrogen and oxygen atoms in total. The Morgan fingerprint density at radius 1 is 1.13 bits per heavy atom. The van der Waals surface area contributed by atoms with Gasteiger partial charge in [-0.25, -0.2) is 0 Å². The van der Waals surface area contributed by atoms with Crippen LogP contribution in [0.1, 0.15) is 53.4 Å². The van der Waals surface area contributed by atoms with Gasteiger partial charge in [-0.2, -0.15) is 0 Å². The van der Waals surface area contributed by atoms with Crippen molar-refractivity contribution in [3.05, 3.63) is 0 Å². The van der Waals surface area contributed by atoms with Gasteiger partial charge in [0, 0.05) is 12.1 Å². The van der Waals surface area contributed by atoms with Gasteiger partial charge in [-0.05, 0) is 26.2 Å². The molecule has 0 aromatic heterocycles. The summed E-state index contributed by atoms with van der Waals surface area (Å²) in [5, 5.41) is 11.9. The summed E-state index contributed by atoms with van der Waals surface area (Å²) in [7, 11) is 0. The van der Waals surface area contributed by atoms with Crippen molar-refractivity contribution < 1.29 is 9.90 Å². The van der Waals surface area contributed by atoms with Crippen molar-refractivity contribution in [2.24, 2.45) is 5.92 Å². The van der Waals surface area contributed by atoms with Gasteiger partial charge in [0.25, 0.3) is 0 Å². The highest BCUT2D eigenvalue weighted by Crippen LogP contribution is 2.08. The Morgan fingerprint density at radius 2 is 1.73 bits per heavy atom. The van der Waals surface area contributed by atoms with E-state index in [1.165, 1.54) is 12.8 Å². The van der Waals surface area contributed by atoms with Crippen molar-refractivity contribution >= 4 is 5.97 Å². The highest BCUT2D eigenvalue weighted by Gasteiger charge is 2.10. The first-order valence-electron chi connectivity index (χ1n) is 5.89. The number of nitrogens with one attached hydrogen (secondary N) is 1. The minimum Gasteiger partial charge on any atom is -0.481 e. The standard InChI is InChI=1S/C12H25NO2/c1-9(2)6-5-7-10(3)13-11(4)8-12(14)15/h9-11,13H,5-8H2,1-4H3,(H,14,15). The van der Waals surface area contributed by atoms with Crippen molar-refractivity contribution in [3.63, 3.8) is 0 Å². The van der Waals surface area contributed by atoms with Crippen molar-refractivity contribution in [3.8, 4) is 0 Å². The second kappa shape index (κ2) is 7.69. The lowest BCUT2D eigenvalue weighted by atomic mass is 10.0. The number of hydrogen-bond donors (Lipinski definition) is 2. The molecule has 2 unspecified atom stereocenters. The van der Waals surface area contributed by atoms with Gasteiger partial charge in [0.2, 0.25) is 0 Å². The number of aliphatic carboxylic acids is 1. The molecule has 0 bridgehead atoms. The first-order valence-corrected chi connectivity index (χ1v) is 5.89. The Bertz CT molecular complexity index is 180. The minimum atomic E-state index is -0.732. The van der Waals surface area contributed by atoms with Crippen LogP contribution in [0.5, 0.6) is 0 Å². The summed E-state index contributed by atoms with van der Waals surface area (Å²) in [5.74, 6) is 0.0259. The maximum atomic E-state index is 10.5. The zero-order valence-electron chi connectivity index (χ0n) is 10.4. The Hall–Kier alpha value is -0.570. The molecule has 0 aliphatic rings. The SMILES string of the molecule is CC(C)CCCC(C)NC(C)CC(=O)O. The Morgan fingerprint density at radius 3 is 2.20 bits per heavy atom. The lowest BCUT2D eigenvalue weighted by Crippen LogP contribution is -2.35. The number of carboxylic acids is 1. The fourth-order valence-corrected chi connectivity index (χ4v) is 1.72. The van der Waals surface area contributed by atoms with Crippen LogP contribution >= 0.6 is 0 Å². The van der Waals surface area contributed by atoms with Crippen molar-refractivity contribution in [1.82, 2.24) is 5.32 Å². The van der Waals surface area contributed by atoms with Gasteiger partial charge >= 0.3 is 5.97 Å². The van der Waals surface area contributed by atoms with E-state index in [4.69, 9.17) is 5.11 Å². The summed E-state index contributed by atoms with van der Waals surface area (Å²) >= 11 is 0. The van der Waals surface area contributed by atoms with Gasteiger partial charge in [-0.15, -0.1) is 0 Å². The van der Waals surface area contributed by atoms with Crippen LogP contribution in [-0.4, -0.2) is 23.2 Å². The van der Waals surface area contributed by atoms with Crippen LogP contribution in [0.2, 0.25) is 0 Å². The van der Waals surface area contributed by atoms with E-state index in [1.807, 2.05) is 6.92 Å². The van der Waals surface area contributed by atoms with Crippen LogP contribution in [-0.2, 0) is 4.79 Å². The zero-order valence-corrected chi connectivity index (χ0v) is 10.4. The van der Waals surface area contributed by atoms with Crippen LogP contribution in [0.4, 0.5) is 0 Å². The predicted octanol–water partition coefficient (Wildman–Crippen LogP) is 2.65. The summed E-state index contributed by atoms with van der Waals surface area (Å²) in [5.41, 5.74) is 0. The summed E-state index contributed by atoms with van der Waals surface area (Å²) < 4.78 is 0. The highest BCUT2D eigenvalue weighted by molar-refractivity contribution is 5.67. The quantitative estimate of drug-likeness (QED) is 0.654. The third-order valence-corrected chi connectivity index (χ3v) is 2.47. The average molecular weight is 215 g/mol. The molecule has 0 saturated carbocycles. The summed E-state index contributed by atoms with van der Waals surface area (Å²) in [6, 6.07) is 0.481. The van der Waals surface area contributed by atoms with Crippen LogP contribution in [0, 0.1) is 5.92 Å². The first kappa shape index (κ1) is 14.4. The highest BCUT2D eigenvalue weighted by atomic mass is 16.4. The monoisotopic (exact) mass is 215 g/mol. The Labute approximate surface area is 93.3 Å². The van der Waals surface area contributed by atoms with Crippen LogP contribution in [0.3, 0.4) is 0 Å². The lowest BCUT2D eigenvalue weighted by Gasteiger charge is -2.18. The average Bonchev–Trinajstić information content (AvgIpc) is 2.00. The third-order valence-electron chi connectivity index (χ3n) is 2.47. The van der Waals surface area contributed by atoms with Gasteiger partial charge in [-0.1, -0.05) is 26.7 Å². The molecule has 0 fully saturated rings. The van der Waals surface area contributed by atoms with Crippen LogP contribution < -0.4 is 5.32 Å². The van der Waals surface area contributed by atoms with Gasteiger partial charge in [0.1, 0.15) is 0 Å². The molecular formula is C12H25NO2. The molecule has 0 radical (unpaired) electrons. The van der Waals surface area contributed by atoms with Gasteiger partial charge in [0.15, 0.2) is 0 Å². The fourth-order valence-electron chi connectivity index (χ4n) is 1.72. The Balaban J connectivity index is 3.55.